The average molecular weight is 328 g/mol. The zero-order chi connectivity index (χ0) is 16.3. The van der Waals surface area contributed by atoms with Crippen LogP contribution in [-0.2, 0) is 16.6 Å². The predicted octanol–water partition coefficient (Wildman–Crippen LogP) is 0.608. The Morgan fingerprint density at radius 1 is 1.45 bits per heavy atom. The van der Waals surface area contributed by atoms with Gasteiger partial charge in [-0.1, -0.05) is 6.92 Å². The summed E-state index contributed by atoms with van der Waals surface area (Å²) in [4.78, 5) is 22.8. The Kier molecular flexibility index (Phi) is 5.02. The molecule has 1 saturated heterocycles. The largest absolute Gasteiger partial charge is 0.477 e. The van der Waals surface area contributed by atoms with Gasteiger partial charge in [0.25, 0.3) is 5.56 Å². The van der Waals surface area contributed by atoms with E-state index in [-0.39, 0.29) is 17.9 Å². The first kappa shape index (κ1) is 16.7. The van der Waals surface area contributed by atoms with Crippen LogP contribution in [0.1, 0.15) is 30.1 Å². The predicted molar refractivity (Wildman–Crippen MR) is 81.4 cm³/mol. The molecule has 1 N–H and O–H groups in total. The number of nitrogens with zero attached hydrogens (tertiary/aromatic N) is 2. The molecule has 8 heteroatoms. The van der Waals surface area contributed by atoms with Gasteiger partial charge in [-0.25, -0.2) is 17.5 Å². The van der Waals surface area contributed by atoms with Crippen molar-refractivity contribution < 1.29 is 18.3 Å². The summed E-state index contributed by atoms with van der Waals surface area (Å²) in [5.41, 5.74) is -1.04. The van der Waals surface area contributed by atoms with Crippen molar-refractivity contribution in [2.75, 3.05) is 18.8 Å². The first-order valence-corrected chi connectivity index (χ1v) is 8.83. The molecular weight excluding hydrogens is 308 g/mol. The second kappa shape index (κ2) is 6.62. The van der Waals surface area contributed by atoms with E-state index in [1.165, 1.54) is 22.6 Å². The highest BCUT2D eigenvalue weighted by Gasteiger charge is 2.27. The Labute approximate surface area is 129 Å². The van der Waals surface area contributed by atoms with Crippen molar-refractivity contribution in [3.63, 3.8) is 0 Å². The van der Waals surface area contributed by atoms with Gasteiger partial charge in [-0.15, -0.1) is 0 Å². The molecule has 7 nitrogen and oxygen atoms in total. The molecule has 0 aromatic carbocycles. The van der Waals surface area contributed by atoms with Gasteiger partial charge < -0.3 is 9.67 Å². The molecule has 1 aromatic rings. The standard InChI is InChI=1S/C14H20N2O5S/c1-11-4-2-7-16(10-11)22(20,21)9-8-15-6-3-5-12(13(15)17)14(18)19/h3,5-6,11H,2,4,7-10H2,1H3,(H,18,19)/t11-/m1/s1. The Morgan fingerprint density at radius 2 is 2.18 bits per heavy atom. The van der Waals surface area contributed by atoms with Crippen LogP contribution < -0.4 is 5.56 Å². The Bertz CT molecular complexity index is 710. The van der Waals surface area contributed by atoms with E-state index >= 15 is 0 Å². The van der Waals surface area contributed by atoms with E-state index in [4.69, 9.17) is 5.11 Å². The molecule has 0 spiro atoms. The number of pyridine rings is 1. The van der Waals surface area contributed by atoms with Gasteiger partial charge in [0.2, 0.25) is 10.0 Å². The number of rotatable bonds is 5. The highest BCUT2D eigenvalue weighted by atomic mass is 32.2. The molecule has 2 heterocycles. The first-order valence-electron chi connectivity index (χ1n) is 7.22. The number of sulfonamides is 1. The number of aryl methyl sites for hydroxylation is 1. The van der Waals surface area contributed by atoms with Crippen LogP contribution in [0, 0.1) is 5.92 Å². The second-order valence-corrected chi connectivity index (χ2v) is 7.74. The number of piperidine rings is 1. The van der Waals surface area contributed by atoms with E-state index in [1.807, 2.05) is 6.92 Å². The van der Waals surface area contributed by atoms with Gasteiger partial charge in [-0.2, -0.15) is 0 Å². The molecule has 1 aliphatic rings. The minimum absolute atomic E-state index is 0.0484. The van der Waals surface area contributed by atoms with Crippen molar-refractivity contribution in [3.05, 3.63) is 34.2 Å². The number of aromatic carboxylic acids is 1. The molecular formula is C14H20N2O5S. The topological polar surface area (TPSA) is 96.7 Å². The lowest BCUT2D eigenvalue weighted by Gasteiger charge is -2.30. The van der Waals surface area contributed by atoms with Crippen molar-refractivity contribution in [3.8, 4) is 0 Å². The number of carboxylic acid groups (broad SMARTS) is 1. The fourth-order valence-electron chi connectivity index (χ4n) is 2.62. The maximum Gasteiger partial charge on any atom is 0.341 e. The maximum atomic E-state index is 12.3. The molecule has 22 heavy (non-hydrogen) atoms. The van der Waals surface area contributed by atoms with Gasteiger partial charge in [-0.05, 0) is 30.9 Å². The average Bonchev–Trinajstić information content (AvgIpc) is 2.46. The van der Waals surface area contributed by atoms with Crippen molar-refractivity contribution >= 4 is 16.0 Å². The molecule has 0 bridgehead atoms. The van der Waals surface area contributed by atoms with Crippen LogP contribution in [0.4, 0.5) is 0 Å². The van der Waals surface area contributed by atoms with Crippen molar-refractivity contribution in [1.29, 1.82) is 0 Å². The Balaban J connectivity index is 2.11. The molecule has 1 fully saturated rings. The molecule has 1 aliphatic heterocycles. The van der Waals surface area contributed by atoms with Crippen molar-refractivity contribution in [2.45, 2.75) is 26.3 Å². The summed E-state index contributed by atoms with van der Waals surface area (Å²) >= 11 is 0. The third-order valence-electron chi connectivity index (χ3n) is 3.85. The zero-order valence-corrected chi connectivity index (χ0v) is 13.3. The Hall–Kier alpha value is -1.67. The van der Waals surface area contributed by atoms with Crippen LogP contribution in [-0.4, -0.2) is 47.2 Å². The van der Waals surface area contributed by atoms with Crippen molar-refractivity contribution in [1.82, 2.24) is 8.87 Å². The van der Waals surface area contributed by atoms with Crippen LogP contribution in [0.15, 0.2) is 23.1 Å². The van der Waals surface area contributed by atoms with Crippen LogP contribution in [0.5, 0.6) is 0 Å². The third-order valence-corrected chi connectivity index (χ3v) is 5.67. The number of hydrogen-bond donors (Lipinski definition) is 1. The van der Waals surface area contributed by atoms with Gasteiger partial charge in [0, 0.05) is 25.8 Å². The molecule has 1 aromatic heterocycles. The Morgan fingerprint density at radius 3 is 2.82 bits per heavy atom. The van der Waals surface area contributed by atoms with Crippen LogP contribution >= 0.6 is 0 Å². The number of hydrogen-bond acceptors (Lipinski definition) is 4. The minimum Gasteiger partial charge on any atom is -0.477 e. The van der Waals surface area contributed by atoms with Crippen LogP contribution in [0.3, 0.4) is 0 Å². The minimum atomic E-state index is -3.44. The van der Waals surface area contributed by atoms with Gasteiger partial charge in [-0.3, -0.25) is 4.79 Å². The first-order chi connectivity index (χ1) is 10.3. The highest BCUT2D eigenvalue weighted by Crippen LogP contribution is 2.18. The maximum absolute atomic E-state index is 12.3. The fraction of sp³-hybridized carbons (Fsp3) is 0.571. The molecule has 0 aliphatic carbocycles. The molecule has 2 rings (SSSR count). The van der Waals surface area contributed by atoms with Crippen LogP contribution in [0.25, 0.3) is 0 Å². The van der Waals surface area contributed by atoms with Crippen LogP contribution in [0.2, 0.25) is 0 Å². The molecule has 0 unspecified atom stereocenters. The number of carbonyl (C=O) groups is 1. The summed E-state index contributed by atoms with van der Waals surface area (Å²) in [7, 11) is -3.44. The molecule has 0 amide bonds. The van der Waals surface area contributed by atoms with Gasteiger partial charge in [0.05, 0.1) is 5.75 Å². The van der Waals surface area contributed by atoms with E-state index in [1.54, 1.807) is 0 Å². The third kappa shape index (κ3) is 3.75. The summed E-state index contributed by atoms with van der Waals surface area (Å²) in [6.45, 7) is 2.98. The zero-order valence-electron chi connectivity index (χ0n) is 12.4. The molecule has 1 atom stereocenters. The molecule has 0 radical (unpaired) electrons. The monoisotopic (exact) mass is 328 g/mol. The second-order valence-electron chi connectivity index (χ2n) is 5.65. The lowest BCUT2D eigenvalue weighted by atomic mass is 10.0. The smallest absolute Gasteiger partial charge is 0.341 e. The van der Waals surface area contributed by atoms with Gasteiger partial charge in [0.1, 0.15) is 5.56 Å². The lowest BCUT2D eigenvalue weighted by molar-refractivity contribution is 0.0694. The van der Waals surface area contributed by atoms with E-state index in [0.717, 1.165) is 17.4 Å². The van der Waals surface area contributed by atoms with Crippen molar-refractivity contribution in [2.24, 2.45) is 5.92 Å². The quantitative estimate of drug-likeness (QED) is 0.854. The van der Waals surface area contributed by atoms with E-state index < -0.39 is 21.6 Å². The van der Waals surface area contributed by atoms with E-state index in [2.05, 4.69) is 0 Å². The SMILES string of the molecule is C[C@@H]1CCCN(S(=O)(=O)CCn2cccc(C(=O)O)c2=O)C1. The van der Waals surface area contributed by atoms with E-state index in [9.17, 15) is 18.0 Å². The summed E-state index contributed by atoms with van der Waals surface area (Å²) in [5.74, 6) is -1.18. The lowest BCUT2D eigenvalue weighted by Crippen LogP contribution is -2.41. The highest BCUT2D eigenvalue weighted by molar-refractivity contribution is 7.89. The normalized spacial score (nSPS) is 20.0. The number of carboxylic acids is 1. The summed E-state index contributed by atoms with van der Waals surface area (Å²) in [6.07, 6.45) is 3.27. The van der Waals surface area contributed by atoms with Gasteiger partial charge >= 0.3 is 5.97 Å². The molecule has 122 valence electrons. The van der Waals surface area contributed by atoms with E-state index in [0.29, 0.717) is 19.0 Å². The fourth-order valence-corrected chi connectivity index (χ4v) is 4.19. The molecule has 0 saturated carbocycles. The summed E-state index contributed by atoms with van der Waals surface area (Å²) in [6, 6.07) is 2.64. The summed E-state index contributed by atoms with van der Waals surface area (Å²) < 4.78 is 27.3. The number of aromatic nitrogens is 1. The summed E-state index contributed by atoms with van der Waals surface area (Å²) in [5, 5.41) is 8.91. The van der Waals surface area contributed by atoms with Gasteiger partial charge in [0.15, 0.2) is 0 Å².